The first kappa shape index (κ1) is 31.2. The van der Waals surface area contributed by atoms with Crippen molar-refractivity contribution in [3.63, 3.8) is 0 Å². The molecule has 40 heavy (non-hydrogen) atoms. The van der Waals surface area contributed by atoms with Gasteiger partial charge in [0.05, 0.1) is 19.3 Å². The maximum Gasteiger partial charge on any atom is 0.435 e. The topological polar surface area (TPSA) is 41.9 Å². The predicted molar refractivity (Wildman–Crippen MR) is 127 cm³/mol. The molecule has 0 saturated heterocycles. The van der Waals surface area contributed by atoms with Gasteiger partial charge in [0.15, 0.2) is 0 Å². The molecule has 2 fully saturated rings. The van der Waals surface area contributed by atoms with E-state index in [0.717, 1.165) is 38.5 Å². The molecule has 1 N–H and O–H groups in total. The summed E-state index contributed by atoms with van der Waals surface area (Å²) in [6, 6.07) is 5.60. The SMILES string of the molecule is CN(CCO[C@H]1CC[C@H]2C3CCc4cc(O)ccc4C3CC[C@]12C)CCOC(C(F)(F)F)(C(F)(F)F)C(F)(F)F. The smallest absolute Gasteiger partial charge is 0.435 e. The Morgan fingerprint density at radius 2 is 1.52 bits per heavy atom. The molecule has 2 unspecified atom stereocenters. The molecule has 3 aliphatic rings. The van der Waals surface area contributed by atoms with Gasteiger partial charge in [-0.1, -0.05) is 13.0 Å². The fourth-order valence-corrected chi connectivity index (χ4v) is 7.34. The fraction of sp³-hybridized carbons (Fsp3) is 0.778. The number of hydrogen-bond donors (Lipinski definition) is 1. The van der Waals surface area contributed by atoms with Crippen molar-refractivity contribution < 1.29 is 54.1 Å². The largest absolute Gasteiger partial charge is 0.508 e. The molecule has 5 atom stereocenters. The van der Waals surface area contributed by atoms with Crippen LogP contribution in [0.3, 0.4) is 0 Å². The van der Waals surface area contributed by atoms with E-state index < -0.39 is 37.3 Å². The van der Waals surface area contributed by atoms with Crippen LogP contribution in [0.4, 0.5) is 39.5 Å². The second-order valence-corrected chi connectivity index (χ2v) is 11.6. The molecule has 0 heterocycles. The predicted octanol–water partition coefficient (Wildman–Crippen LogP) is 7.01. The van der Waals surface area contributed by atoms with Crippen molar-refractivity contribution in [1.29, 1.82) is 0 Å². The quantitative estimate of drug-likeness (QED) is 0.331. The molecule has 13 heteroatoms. The van der Waals surface area contributed by atoms with Gasteiger partial charge in [-0.2, -0.15) is 39.5 Å². The molecule has 2 saturated carbocycles. The van der Waals surface area contributed by atoms with Gasteiger partial charge >= 0.3 is 24.1 Å². The molecule has 1 aromatic carbocycles. The van der Waals surface area contributed by atoms with Gasteiger partial charge in [0.1, 0.15) is 5.75 Å². The average Bonchev–Trinajstić information content (AvgIpc) is 3.15. The number of phenols is 1. The van der Waals surface area contributed by atoms with E-state index in [1.54, 1.807) is 6.07 Å². The van der Waals surface area contributed by atoms with Crippen molar-refractivity contribution in [3.8, 4) is 5.75 Å². The third-order valence-electron chi connectivity index (χ3n) is 9.40. The molecule has 228 valence electrons. The van der Waals surface area contributed by atoms with Crippen molar-refractivity contribution in [2.75, 3.05) is 33.4 Å². The summed E-state index contributed by atoms with van der Waals surface area (Å²) >= 11 is 0. The van der Waals surface area contributed by atoms with Gasteiger partial charge < -0.3 is 19.5 Å². The minimum absolute atomic E-state index is 0.0716. The summed E-state index contributed by atoms with van der Waals surface area (Å²) in [4.78, 5) is 1.28. The summed E-state index contributed by atoms with van der Waals surface area (Å²) in [6.07, 6.45) is -14.6. The van der Waals surface area contributed by atoms with Crippen molar-refractivity contribution in [1.82, 2.24) is 4.90 Å². The lowest BCUT2D eigenvalue weighted by Crippen LogP contribution is -2.68. The van der Waals surface area contributed by atoms with Gasteiger partial charge in [0, 0.05) is 13.1 Å². The van der Waals surface area contributed by atoms with E-state index in [9.17, 15) is 44.6 Å². The number of rotatable bonds is 8. The number of alkyl halides is 9. The van der Waals surface area contributed by atoms with Crippen molar-refractivity contribution in [2.24, 2.45) is 17.3 Å². The summed E-state index contributed by atoms with van der Waals surface area (Å²) in [5, 5.41) is 9.85. The van der Waals surface area contributed by atoms with E-state index in [2.05, 4.69) is 11.7 Å². The lowest BCUT2D eigenvalue weighted by Gasteiger charge is -2.50. The van der Waals surface area contributed by atoms with Crippen molar-refractivity contribution >= 4 is 0 Å². The summed E-state index contributed by atoms with van der Waals surface area (Å²) in [6.45, 7) is 0.418. The third-order valence-corrected chi connectivity index (χ3v) is 9.40. The molecular formula is C27H34F9NO3. The molecule has 1 aromatic rings. The zero-order chi connectivity index (χ0) is 29.7. The fourth-order valence-electron chi connectivity index (χ4n) is 7.34. The Morgan fingerprint density at radius 1 is 0.900 bits per heavy atom. The van der Waals surface area contributed by atoms with Crippen LogP contribution in [-0.2, 0) is 15.9 Å². The van der Waals surface area contributed by atoms with Crippen LogP contribution < -0.4 is 0 Å². The number of ether oxygens (including phenoxy) is 2. The molecule has 0 amide bonds. The van der Waals surface area contributed by atoms with Crippen molar-refractivity contribution in [3.05, 3.63) is 29.3 Å². The van der Waals surface area contributed by atoms with E-state index in [4.69, 9.17) is 4.74 Å². The third kappa shape index (κ3) is 5.42. The van der Waals surface area contributed by atoms with Crippen LogP contribution in [0.5, 0.6) is 5.75 Å². The van der Waals surface area contributed by atoms with E-state index in [-0.39, 0.29) is 30.4 Å². The first-order chi connectivity index (χ1) is 18.4. The van der Waals surface area contributed by atoms with Crippen LogP contribution in [-0.4, -0.2) is 73.6 Å². The van der Waals surface area contributed by atoms with Gasteiger partial charge in [-0.25, -0.2) is 0 Å². The Hall–Kier alpha value is -1.73. The van der Waals surface area contributed by atoms with Gasteiger partial charge in [-0.15, -0.1) is 0 Å². The first-order valence-electron chi connectivity index (χ1n) is 13.4. The Bertz CT molecular complexity index is 1010. The van der Waals surface area contributed by atoms with Crippen LogP contribution in [0.25, 0.3) is 0 Å². The highest BCUT2D eigenvalue weighted by Crippen LogP contribution is 2.61. The van der Waals surface area contributed by atoms with Crippen LogP contribution >= 0.6 is 0 Å². The number of hydrogen-bond acceptors (Lipinski definition) is 4. The first-order valence-corrected chi connectivity index (χ1v) is 13.4. The highest BCUT2D eigenvalue weighted by molar-refractivity contribution is 5.40. The highest BCUT2D eigenvalue weighted by atomic mass is 19.4. The number of likely N-dealkylation sites (N-methyl/N-ethyl adjacent to an activating group) is 1. The summed E-state index contributed by atoms with van der Waals surface area (Å²) in [5.74, 6) is 1.61. The molecule has 4 nitrogen and oxygen atoms in total. The zero-order valence-corrected chi connectivity index (χ0v) is 22.2. The number of benzene rings is 1. The monoisotopic (exact) mass is 591 g/mol. The number of aryl methyl sites for hydroxylation is 1. The Labute approximate surface area is 226 Å². The second kappa shape index (κ2) is 10.8. The van der Waals surface area contributed by atoms with E-state index in [1.165, 1.54) is 23.1 Å². The van der Waals surface area contributed by atoms with E-state index in [0.29, 0.717) is 17.8 Å². The second-order valence-electron chi connectivity index (χ2n) is 11.6. The standard InChI is InChI=1S/C27H34F9NO3/c1-23-10-9-19-18-6-4-17(38)15-16(18)3-5-20(19)21(23)7-8-22(23)39-13-11-37(2)12-14-40-24(25(28,29)30,26(31,32)33)27(34,35)36/h4,6,15,19-22,38H,3,5,7-14H2,1-2H3/t19?,20?,21-,22-,23-/m0/s1. The number of phenolic OH excluding ortho intramolecular Hbond substituents is 1. The molecule has 0 spiro atoms. The minimum Gasteiger partial charge on any atom is -0.508 e. The lowest BCUT2D eigenvalue weighted by molar-refractivity contribution is -0.457. The van der Waals surface area contributed by atoms with Crippen molar-refractivity contribution in [2.45, 2.75) is 81.6 Å². The van der Waals surface area contributed by atoms with Gasteiger partial charge in [-0.3, -0.25) is 0 Å². The molecule has 0 aromatic heterocycles. The molecule has 4 rings (SSSR count). The van der Waals surface area contributed by atoms with Crippen LogP contribution in [0.15, 0.2) is 18.2 Å². The Kier molecular flexibility index (Phi) is 8.45. The zero-order valence-electron chi connectivity index (χ0n) is 22.2. The van der Waals surface area contributed by atoms with Crippen LogP contribution in [0, 0.1) is 17.3 Å². The number of fused-ring (bicyclic) bond motifs is 5. The van der Waals surface area contributed by atoms with Gasteiger partial charge in [0.25, 0.3) is 0 Å². The molecule has 0 bridgehead atoms. The highest BCUT2D eigenvalue weighted by Gasteiger charge is 2.85. The van der Waals surface area contributed by atoms with Crippen LogP contribution in [0.2, 0.25) is 0 Å². The normalized spacial score (nSPS) is 29.3. The molecular weight excluding hydrogens is 557 g/mol. The number of aromatic hydroxyl groups is 1. The minimum atomic E-state index is -6.74. The molecule has 3 aliphatic carbocycles. The number of nitrogens with zero attached hydrogens (tertiary/aromatic N) is 1. The average molecular weight is 592 g/mol. The van der Waals surface area contributed by atoms with Gasteiger partial charge in [0.2, 0.25) is 0 Å². The summed E-state index contributed by atoms with van der Waals surface area (Å²) in [5.41, 5.74) is -3.84. The van der Waals surface area contributed by atoms with E-state index in [1.807, 2.05) is 12.1 Å². The van der Waals surface area contributed by atoms with Crippen LogP contribution in [0.1, 0.15) is 56.1 Å². The molecule has 0 radical (unpaired) electrons. The lowest BCUT2D eigenvalue weighted by atomic mass is 9.55. The Morgan fingerprint density at radius 3 is 2.15 bits per heavy atom. The Balaban J connectivity index is 1.30. The molecule has 0 aliphatic heterocycles. The van der Waals surface area contributed by atoms with E-state index >= 15 is 0 Å². The van der Waals surface area contributed by atoms with Gasteiger partial charge in [-0.05, 0) is 92.0 Å². The summed E-state index contributed by atoms with van der Waals surface area (Å²) < 4.78 is 127. The number of halogens is 9. The summed E-state index contributed by atoms with van der Waals surface area (Å²) in [7, 11) is 1.37. The maximum atomic E-state index is 13.0. The maximum absolute atomic E-state index is 13.0.